The molecule has 0 saturated carbocycles. The third-order valence-corrected chi connectivity index (χ3v) is 4.85. The quantitative estimate of drug-likeness (QED) is 0.654. The molecule has 144 valence electrons. The normalized spacial score (nSPS) is 15.8. The predicted molar refractivity (Wildman–Crippen MR) is 111 cm³/mol. The first kappa shape index (κ1) is 18.0. The third-order valence-electron chi connectivity index (χ3n) is 4.85. The SMILES string of the molecule is CC(C)NC(=O)Nc1ccc(C2CNc3c4ccccc4nc(=O)n3C2)cc1. The second-order valence-electron chi connectivity index (χ2n) is 7.32. The summed E-state index contributed by atoms with van der Waals surface area (Å²) in [5.74, 6) is 0.974. The van der Waals surface area contributed by atoms with Gasteiger partial charge in [0.1, 0.15) is 5.82 Å². The van der Waals surface area contributed by atoms with Gasteiger partial charge in [-0.05, 0) is 43.7 Å². The molecule has 2 aromatic carbocycles. The minimum Gasteiger partial charge on any atom is -0.370 e. The molecule has 1 aliphatic heterocycles. The van der Waals surface area contributed by atoms with E-state index < -0.39 is 0 Å². The van der Waals surface area contributed by atoms with E-state index in [-0.39, 0.29) is 23.7 Å². The molecule has 1 unspecified atom stereocenters. The number of carbonyl (C=O) groups is 1. The van der Waals surface area contributed by atoms with E-state index in [0.717, 1.165) is 29.0 Å². The molecular formula is C21H23N5O2. The van der Waals surface area contributed by atoms with Crippen molar-refractivity contribution in [3.8, 4) is 0 Å². The van der Waals surface area contributed by atoms with E-state index in [1.807, 2.05) is 62.4 Å². The van der Waals surface area contributed by atoms with Gasteiger partial charge in [0.2, 0.25) is 0 Å². The standard InChI is InChI=1S/C21H23N5O2/c1-13(2)23-20(27)24-16-9-7-14(8-10-16)15-11-22-19-17-5-3-4-6-18(17)25-21(28)26(19)12-15/h3-10,13,15,22H,11-12H2,1-2H3,(H2,23,24,27). The number of anilines is 2. The highest BCUT2D eigenvalue weighted by Crippen LogP contribution is 2.29. The Balaban J connectivity index is 1.54. The number of carbonyl (C=O) groups excluding carboxylic acids is 1. The van der Waals surface area contributed by atoms with Gasteiger partial charge in [0.05, 0.1) is 5.52 Å². The summed E-state index contributed by atoms with van der Waals surface area (Å²) in [6, 6.07) is 15.3. The molecular weight excluding hydrogens is 354 g/mol. The molecule has 1 atom stereocenters. The highest BCUT2D eigenvalue weighted by Gasteiger charge is 2.22. The molecule has 2 heterocycles. The van der Waals surface area contributed by atoms with Gasteiger partial charge in [-0.3, -0.25) is 4.57 Å². The Morgan fingerprint density at radius 2 is 1.93 bits per heavy atom. The molecule has 1 aliphatic rings. The fraction of sp³-hybridized carbons (Fsp3) is 0.286. The lowest BCUT2D eigenvalue weighted by molar-refractivity contribution is 0.250. The van der Waals surface area contributed by atoms with E-state index in [1.165, 1.54) is 0 Å². The van der Waals surface area contributed by atoms with E-state index in [9.17, 15) is 9.59 Å². The lowest BCUT2D eigenvalue weighted by atomic mass is 9.97. The molecule has 7 heteroatoms. The number of rotatable bonds is 3. The Hall–Kier alpha value is -3.35. The zero-order valence-corrected chi connectivity index (χ0v) is 15.9. The molecule has 1 aromatic heterocycles. The number of para-hydroxylation sites is 1. The van der Waals surface area contributed by atoms with Gasteiger partial charge < -0.3 is 16.0 Å². The maximum atomic E-state index is 12.5. The first-order valence-corrected chi connectivity index (χ1v) is 9.42. The van der Waals surface area contributed by atoms with Crippen molar-refractivity contribution in [2.24, 2.45) is 0 Å². The van der Waals surface area contributed by atoms with Crippen molar-refractivity contribution in [1.82, 2.24) is 14.9 Å². The molecule has 4 rings (SSSR count). The van der Waals surface area contributed by atoms with E-state index in [0.29, 0.717) is 12.1 Å². The molecule has 0 fully saturated rings. The summed E-state index contributed by atoms with van der Waals surface area (Å²) in [5, 5.41) is 9.97. The van der Waals surface area contributed by atoms with E-state index in [4.69, 9.17) is 0 Å². The third kappa shape index (κ3) is 3.55. The number of amides is 2. The van der Waals surface area contributed by atoms with Gasteiger partial charge >= 0.3 is 11.7 Å². The van der Waals surface area contributed by atoms with Crippen LogP contribution in [0.25, 0.3) is 10.9 Å². The van der Waals surface area contributed by atoms with Gasteiger partial charge in [0, 0.05) is 36.1 Å². The number of hydrogen-bond acceptors (Lipinski definition) is 4. The van der Waals surface area contributed by atoms with Gasteiger partial charge in [-0.1, -0.05) is 24.3 Å². The number of benzene rings is 2. The maximum absolute atomic E-state index is 12.5. The van der Waals surface area contributed by atoms with Crippen LogP contribution in [0.2, 0.25) is 0 Å². The van der Waals surface area contributed by atoms with Crippen LogP contribution in [-0.4, -0.2) is 28.2 Å². The molecule has 0 saturated heterocycles. The molecule has 28 heavy (non-hydrogen) atoms. The number of nitrogens with zero attached hydrogens (tertiary/aromatic N) is 2. The summed E-state index contributed by atoms with van der Waals surface area (Å²) < 4.78 is 1.71. The van der Waals surface area contributed by atoms with Crippen molar-refractivity contribution in [1.29, 1.82) is 0 Å². The highest BCUT2D eigenvalue weighted by molar-refractivity contribution is 5.90. The van der Waals surface area contributed by atoms with Gasteiger partial charge in [-0.25, -0.2) is 9.59 Å². The number of hydrogen-bond donors (Lipinski definition) is 3. The van der Waals surface area contributed by atoms with E-state index in [1.54, 1.807) is 4.57 Å². The number of nitrogens with one attached hydrogen (secondary N) is 3. The summed E-state index contributed by atoms with van der Waals surface area (Å²) in [6.07, 6.45) is 0. The van der Waals surface area contributed by atoms with E-state index >= 15 is 0 Å². The van der Waals surface area contributed by atoms with Crippen molar-refractivity contribution in [2.45, 2.75) is 32.4 Å². The van der Waals surface area contributed by atoms with Crippen LogP contribution >= 0.6 is 0 Å². The first-order chi connectivity index (χ1) is 13.5. The topological polar surface area (TPSA) is 88.1 Å². The monoisotopic (exact) mass is 377 g/mol. The molecule has 0 aliphatic carbocycles. The average molecular weight is 377 g/mol. The summed E-state index contributed by atoms with van der Waals surface area (Å²) in [7, 11) is 0. The van der Waals surface area contributed by atoms with Gasteiger partial charge in [0.25, 0.3) is 0 Å². The molecule has 7 nitrogen and oxygen atoms in total. The van der Waals surface area contributed by atoms with Crippen LogP contribution in [0.1, 0.15) is 25.3 Å². The zero-order chi connectivity index (χ0) is 19.7. The van der Waals surface area contributed by atoms with Crippen molar-refractivity contribution in [3.05, 3.63) is 64.6 Å². The highest BCUT2D eigenvalue weighted by atomic mass is 16.2. The number of urea groups is 1. The van der Waals surface area contributed by atoms with Crippen molar-refractivity contribution < 1.29 is 4.79 Å². The maximum Gasteiger partial charge on any atom is 0.349 e. The van der Waals surface area contributed by atoms with Crippen LogP contribution in [0.4, 0.5) is 16.3 Å². The fourth-order valence-corrected chi connectivity index (χ4v) is 3.53. The molecule has 3 aromatic rings. The predicted octanol–water partition coefficient (Wildman–Crippen LogP) is 3.14. The smallest absolute Gasteiger partial charge is 0.349 e. The van der Waals surface area contributed by atoms with Crippen LogP contribution in [0, 0.1) is 0 Å². The lowest BCUT2D eigenvalue weighted by Crippen LogP contribution is -2.35. The van der Waals surface area contributed by atoms with Crippen LogP contribution < -0.4 is 21.6 Å². The Bertz CT molecular complexity index is 1070. The van der Waals surface area contributed by atoms with Crippen LogP contribution in [-0.2, 0) is 6.54 Å². The summed E-state index contributed by atoms with van der Waals surface area (Å²) in [6.45, 7) is 5.13. The largest absolute Gasteiger partial charge is 0.370 e. The molecule has 2 amide bonds. The van der Waals surface area contributed by atoms with Crippen LogP contribution in [0.3, 0.4) is 0 Å². The lowest BCUT2D eigenvalue weighted by Gasteiger charge is -2.28. The second-order valence-corrected chi connectivity index (χ2v) is 7.32. The van der Waals surface area contributed by atoms with Crippen molar-refractivity contribution in [3.63, 3.8) is 0 Å². The summed E-state index contributed by atoms with van der Waals surface area (Å²) >= 11 is 0. The summed E-state index contributed by atoms with van der Waals surface area (Å²) in [4.78, 5) is 28.5. The van der Waals surface area contributed by atoms with Gasteiger partial charge in [-0.2, -0.15) is 4.98 Å². The van der Waals surface area contributed by atoms with Crippen molar-refractivity contribution >= 4 is 28.4 Å². The first-order valence-electron chi connectivity index (χ1n) is 9.42. The Labute approximate surface area is 162 Å². The molecule has 0 bridgehead atoms. The Morgan fingerprint density at radius 1 is 1.18 bits per heavy atom. The van der Waals surface area contributed by atoms with Crippen LogP contribution in [0.15, 0.2) is 53.3 Å². The average Bonchev–Trinajstić information content (AvgIpc) is 2.68. The number of fused-ring (bicyclic) bond motifs is 3. The van der Waals surface area contributed by atoms with E-state index in [2.05, 4.69) is 20.9 Å². The van der Waals surface area contributed by atoms with Gasteiger partial charge in [-0.15, -0.1) is 0 Å². The van der Waals surface area contributed by atoms with Crippen LogP contribution in [0.5, 0.6) is 0 Å². The second kappa shape index (κ2) is 7.34. The zero-order valence-electron chi connectivity index (χ0n) is 15.9. The Morgan fingerprint density at radius 3 is 2.68 bits per heavy atom. The number of aromatic nitrogens is 2. The fourth-order valence-electron chi connectivity index (χ4n) is 3.53. The minimum atomic E-state index is -0.241. The Kier molecular flexibility index (Phi) is 4.73. The van der Waals surface area contributed by atoms with Crippen molar-refractivity contribution in [2.75, 3.05) is 17.2 Å². The summed E-state index contributed by atoms with van der Waals surface area (Å²) in [5.41, 5.74) is 2.30. The molecule has 0 radical (unpaired) electrons. The minimum absolute atomic E-state index is 0.0793. The van der Waals surface area contributed by atoms with Gasteiger partial charge in [0.15, 0.2) is 0 Å². The molecule has 3 N–H and O–H groups in total. The molecule has 0 spiro atoms.